The van der Waals surface area contributed by atoms with E-state index in [0.717, 1.165) is 11.3 Å². The molecular weight excluding hydrogens is 397 g/mol. The Labute approximate surface area is 179 Å². The molecule has 3 aromatic carbocycles. The predicted molar refractivity (Wildman–Crippen MR) is 117 cm³/mol. The molecule has 0 atom stereocenters. The Bertz CT molecular complexity index is 1090. The first kappa shape index (κ1) is 20.6. The standard InChI is InChI=1S/C24H22FN3O3/c25-18-9-11-19(12-10-18)26-24(30)20-6-2-3-7-21(20)27-23(29)16-28-13-14-31-22-8-4-1-5-17(22)15-28/h1-12H,13-16H2,(H,26,30)(H,27,29). The summed E-state index contributed by atoms with van der Waals surface area (Å²) in [4.78, 5) is 27.4. The van der Waals surface area contributed by atoms with Gasteiger partial charge in [0.25, 0.3) is 5.91 Å². The summed E-state index contributed by atoms with van der Waals surface area (Å²) in [5.74, 6) is -0.151. The monoisotopic (exact) mass is 419 g/mol. The average Bonchev–Trinajstić information content (AvgIpc) is 2.97. The van der Waals surface area contributed by atoms with Crippen LogP contribution in [0.25, 0.3) is 0 Å². The number of benzene rings is 3. The van der Waals surface area contributed by atoms with Gasteiger partial charge in [-0.05, 0) is 42.5 Å². The molecule has 0 aromatic heterocycles. The molecule has 2 amide bonds. The van der Waals surface area contributed by atoms with Crippen molar-refractivity contribution < 1.29 is 18.7 Å². The first-order chi connectivity index (χ1) is 15.1. The molecular formula is C24H22FN3O3. The van der Waals surface area contributed by atoms with E-state index in [1.807, 2.05) is 29.2 Å². The third kappa shape index (κ3) is 5.26. The maximum Gasteiger partial charge on any atom is 0.257 e. The van der Waals surface area contributed by atoms with Crippen molar-refractivity contribution in [2.75, 3.05) is 30.3 Å². The maximum atomic E-state index is 13.1. The van der Waals surface area contributed by atoms with Crippen LogP contribution in [0.15, 0.2) is 72.8 Å². The van der Waals surface area contributed by atoms with Crippen LogP contribution in [0.3, 0.4) is 0 Å². The van der Waals surface area contributed by atoms with E-state index < -0.39 is 0 Å². The quantitative estimate of drug-likeness (QED) is 0.658. The van der Waals surface area contributed by atoms with Gasteiger partial charge in [0.05, 0.1) is 17.8 Å². The fraction of sp³-hybridized carbons (Fsp3) is 0.167. The smallest absolute Gasteiger partial charge is 0.257 e. The Hall–Kier alpha value is -3.71. The fourth-order valence-electron chi connectivity index (χ4n) is 3.43. The number of carbonyl (C=O) groups is 2. The van der Waals surface area contributed by atoms with Gasteiger partial charge in [0.2, 0.25) is 5.91 Å². The predicted octanol–water partition coefficient (Wildman–Crippen LogP) is 3.91. The Morgan fingerprint density at radius 3 is 2.52 bits per heavy atom. The lowest BCUT2D eigenvalue weighted by molar-refractivity contribution is -0.117. The Balaban J connectivity index is 1.42. The molecule has 0 saturated carbocycles. The molecule has 1 aliphatic heterocycles. The van der Waals surface area contributed by atoms with E-state index >= 15 is 0 Å². The van der Waals surface area contributed by atoms with Crippen molar-refractivity contribution in [3.8, 4) is 5.75 Å². The van der Waals surface area contributed by atoms with Gasteiger partial charge in [-0.1, -0.05) is 30.3 Å². The normalized spacial score (nSPS) is 13.5. The zero-order valence-corrected chi connectivity index (χ0v) is 16.8. The summed E-state index contributed by atoms with van der Waals surface area (Å²) in [6, 6.07) is 20.1. The lowest BCUT2D eigenvalue weighted by atomic mass is 10.1. The van der Waals surface area contributed by atoms with Crippen LogP contribution in [0.2, 0.25) is 0 Å². The summed E-state index contributed by atoms with van der Waals surface area (Å²) in [6.07, 6.45) is 0. The number of carbonyl (C=O) groups excluding carboxylic acids is 2. The fourth-order valence-corrected chi connectivity index (χ4v) is 3.43. The second-order valence-electron chi connectivity index (χ2n) is 7.22. The third-order valence-electron chi connectivity index (χ3n) is 4.95. The third-order valence-corrected chi connectivity index (χ3v) is 4.95. The molecule has 3 aromatic rings. The molecule has 2 N–H and O–H groups in total. The molecule has 6 nitrogen and oxygen atoms in total. The number of nitrogens with zero attached hydrogens (tertiary/aromatic N) is 1. The van der Waals surface area contributed by atoms with Crippen molar-refractivity contribution in [1.82, 2.24) is 4.90 Å². The number of hydrogen-bond donors (Lipinski definition) is 2. The lowest BCUT2D eigenvalue weighted by Gasteiger charge is -2.19. The number of hydrogen-bond acceptors (Lipinski definition) is 4. The molecule has 31 heavy (non-hydrogen) atoms. The van der Waals surface area contributed by atoms with Crippen molar-refractivity contribution >= 4 is 23.2 Å². The van der Waals surface area contributed by atoms with Crippen LogP contribution >= 0.6 is 0 Å². The minimum atomic E-state index is -0.389. The number of anilines is 2. The van der Waals surface area contributed by atoms with E-state index in [-0.39, 0.29) is 24.2 Å². The van der Waals surface area contributed by atoms with Gasteiger partial charge in [0, 0.05) is 24.3 Å². The van der Waals surface area contributed by atoms with Gasteiger partial charge >= 0.3 is 0 Å². The van der Waals surface area contributed by atoms with Crippen LogP contribution in [-0.4, -0.2) is 36.4 Å². The van der Waals surface area contributed by atoms with Crippen molar-refractivity contribution in [2.45, 2.75) is 6.54 Å². The summed E-state index contributed by atoms with van der Waals surface area (Å²) >= 11 is 0. The summed E-state index contributed by atoms with van der Waals surface area (Å²) < 4.78 is 18.8. The summed E-state index contributed by atoms with van der Waals surface area (Å²) in [5.41, 5.74) is 2.24. The molecule has 0 unspecified atom stereocenters. The van der Waals surface area contributed by atoms with Crippen LogP contribution in [0.1, 0.15) is 15.9 Å². The Morgan fingerprint density at radius 2 is 1.68 bits per heavy atom. The molecule has 0 bridgehead atoms. The minimum absolute atomic E-state index is 0.172. The highest BCUT2D eigenvalue weighted by Gasteiger charge is 2.19. The van der Waals surface area contributed by atoms with Gasteiger partial charge < -0.3 is 15.4 Å². The van der Waals surface area contributed by atoms with Gasteiger partial charge in [0.1, 0.15) is 18.2 Å². The first-order valence-corrected chi connectivity index (χ1v) is 9.97. The van der Waals surface area contributed by atoms with E-state index in [0.29, 0.717) is 36.6 Å². The SMILES string of the molecule is O=C(CN1CCOc2ccccc2C1)Nc1ccccc1C(=O)Nc1ccc(F)cc1. The number of ether oxygens (including phenoxy) is 1. The molecule has 7 heteroatoms. The van der Waals surface area contributed by atoms with Crippen LogP contribution in [-0.2, 0) is 11.3 Å². The molecule has 0 saturated heterocycles. The summed E-state index contributed by atoms with van der Waals surface area (Å²) in [6.45, 7) is 1.90. The molecule has 0 aliphatic carbocycles. The highest BCUT2D eigenvalue weighted by Crippen LogP contribution is 2.23. The topological polar surface area (TPSA) is 70.7 Å². The van der Waals surface area contributed by atoms with Crippen molar-refractivity contribution in [3.63, 3.8) is 0 Å². The maximum absolute atomic E-state index is 13.1. The first-order valence-electron chi connectivity index (χ1n) is 9.97. The highest BCUT2D eigenvalue weighted by molar-refractivity contribution is 6.10. The minimum Gasteiger partial charge on any atom is -0.492 e. The number of rotatable bonds is 5. The van der Waals surface area contributed by atoms with Crippen LogP contribution in [0.5, 0.6) is 5.75 Å². The van der Waals surface area contributed by atoms with E-state index in [9.17, 15) is 14.0 Å². The number of halogens is 1. The second-order valence-corrected chi connectivity index (χ2v) is 7.22. The van der Waals surface area contributed by atoms with Crippen molar-refractivity contribution in [2.24, 2.45) is 0 Å². The van der Waals surface area contributed by atoms with Gasteiger partial charge in [0.15, 0.2) is 0 Å². The van der Waals surface area contributed by atoms with Crippen molar-refractivity contribution in [3.05, 3.63) is 89.7 Å². The average molecular weight is 419 g/mol. The molecule has 0 radical (unpaired) electrons. The van der Waals surface area contributed by atoms with Gasteiger partial charge in [-0.2, -0.15) is 0 Å². The van der Waals surface area contributed by atoms with Gasteiger partial charge in [-0.25, -0.2) is 4.39 Å². The molecule has 4 rings (SSSR count). The molecule has 1 heterocycles. The van der Waals surface area contributed by atoms with Gasteiger partial charge in [-0.15, -0.1) is 0 Å². The summed E-state index contributed by atoms with van der Waals surface area (Å²) in [5, 5.41) is 5.55. The number of fused-ring (bicyclic) bond motifs is 1. The Kier molecular flexibility index (Phi) is 6.24. The number of amides is 2. The lowest BCUT2D eigenvalue weighted by Crippen LogP contribution is -2.34. The largest absolute Gasteiger partial charge is 0.492 e. The van der Waals surface area contributed by atoms with E-state index in [2.05, 4.69) is 10.6 Å². The Morgan fingerprint density at radius 1 is 0.935 bits per heavy atom. The molecule has 158 valence electrons. The molecule has 1 aliphatic rings. The van der Waals surface area contributed by atoms with E-state index in [1.165, 1.54) is 24.3 Å². The van der Waals surface area contributed by atoms with E-state index in [4.69, 9.17) is 4.74 Å². The second kappa shape index (κ2) is 9.40. The van der Waals surface area contributed by atoms with Crippen molar-refractivity contribution in [1.29, 1.82) is 0 Å². The molecule has 0 fully saturated rings. The number of nitrogens with one attached hydrogen (secondary N) is 2. The van der Waals surface area contributed by atoms with Crippen LogP contribution in [0.4, 0.5) is 15.8 Å². The van der Waals surface area contributed by atoms with Crippen LogP contribution < -0.4 is 15.4 Å². The van der Waals surface area contributed by atoms with Gasteiger partial charge in [-0.3, -0.25) is 14.5 Å². The molecule has 0 spiro atoms. The summed E-state index contributed by atoms with van der Waals surface area (Å²) in [7, 11) is 0. The zero-order chi connectivity index (χ0) is 21.6. The number of para-hydroxylation sites is 2. The highest BCUT2D eigenvalue weighted by atomic mass is 19.1. The van der Waals surface area contributed by atoms with E-state index in [1.54, 1.807) is 24.3 Å². The van der Waals surface area contributed by atoms with Crippen LogP contribution in [0, 0.1) is 5.82 Å². The zero-order valence-electron chi connectivity index (χ0n) is 16.8.